The van der Waals surface area contributed by atoms with Crippen LogP contribution in [0.5, 0.6) is 0 Å². The number of nitrogens with zero attached hydrogens (tertiary/aromatic N) is 1. The van der Waals surface area contributed by atoms with Crippen LogP contribution in [0.25, 0.3) is 10.8 Å². The second kappa shape index (κ2) is 7.66. The Bertz CT molecular complexity index is 1320. The quantitative estimate of drug-likeness (QED) is 0.512. The van der Waals surface area contributed by atoms with Crippen LogP contribution in [0, 0.1) is 18.8 Å². The number of nitrogens with one attached hydrogen (secondary N) is 1. The van der Waals surface area contributed by atoms with Crippen molar-refractivity contribution >= 4 is 45.8 Å². The zero-order valence-corrected chi connectivity index (χ0v) is 18.4. The van der Waals surface area contributed by atoms with E-state index >= 15 is 0 Å². The number of amides is 2. The summed E-state index contributed by atoms with van der Waals surface area (Å²) in [5.74, 6) is -4.86. The average molecular weight is 465 g/mol. The molecule has 2 saturated heterocycles. The predicted molar refractivity (Wildman–Crippen MR) is 123 cm³/mol. The Kier molecular flexibility index (Phi) is 5.01. The van der Waals surface area contributed by atoms with Gasteiger partial charge in [0, 0.05) is 11.1 Å². The van der Waals surface area contributed by atoms with Crippen LogP contribution >= 0.6 is 11.6 Å². The van der Waals surface area contributed by atoms with Crippen molar-refractivity contribution in [1.29, 1.82) is 0 Å². The lowest BCUT2D eigenvalue weighted by atomic mass is 9.79. The number of carbonyl (C=O) groups excluding carboxylic acids is 2. The molecule has 2 aliphatic rings. The largest absolute Gasteiger partial charge is 0.480 e. The summed E-state index contributed by atoms with van der Waals surface area (Å²) in [7, 11) is 0. The number of hydrogen-bond acceptors (Lipinski definition) is 5. The first kappa shape index (κ1) is 21.6. The standard InChI is InChI=1S/C25H21ClN2O5/c1-13-9-10-15(11-18(13)26)28-22(30)19-20(23(28)31)25(12-29,24(32)33)27-21(19)17-8-4-6-14-5-2-3-7-16(14)17/h2-11,19-21,27,29H,12H2,1H3,(H,32,33). The summed E-state index contributed by atoms with van der Waals surface area (Å²) in [5, 5.41) is 25.4. The highest BCUT2D eigenvalue weighted by Crippen LogP contribution is 2.50. The molecule has 0 aliphatic carbocycles. The number of carboxylic acid groups (broad SMARTS) is 1. The molecule has 2 aliphatic heterocycles. The van der Waals surface area contributed by atoms with Crippen LogP contribution in [0.2, 0.25) is 5.02 Å². The number of aliphatic hydroxyl groups is 1. The second-order valence-corrected chi connectivity index (χ2v) is 8.98. The van der Waals surface area contributed by atoms with E-state index in [4.69, 9.17) is 11.6 Å². The molecule has 5 rings (SSSR count). The van der Waals surface area contributed by atoms with Crippen LogP contribution in [0.1, 0.15) is 17.2 Å². The molecule has 0 spiro atoms. The minimum Gasteiger partial charge on any atom is -0.480 e. The van der Waals surface area contributed by atoms with Crippen molar-refractivity contribution < 1.29 is 24.6 Å². The number of aryl methyl sites for hydroxylation is 1. The molecule has 2 fully saturated rings. The van der Waals surface area contributed by atoms with Gasteiger partial charge in [-0.15, -0.1) is 0 Å². The molecule has 4 unspecified atom stereocenters. The summed E-state index contributed by atoms with van der Waals surface area (Å²) in [6, 6.07) is 17.2. The minimum absolute atomic E-state index is 0.281. The lowest BCUT2D eigenvalue weighted by Gasteiger charge is -2.29. The summed E-state index contributed by atoms with van der Waals surface area (Å²) in [6.45, 7) is 0.961. The number of aliphatic hydroxyl groups excluding tert-OH is 1. The number of anilines is 1. The number of carboxylic acids is 1. The number of carbonyl (C=O) groups is 3. The molecule has 0 bridgehead atoms. The fourth-order valence-corrected chi connectivity index (χ4v) is 5.35. The van der Waals surface area contributed by atoms with Crippen LogP contribution in [-0.4, -0.2) is 40.1 Å². The third-order valence-electron chi connectivity index (χ3n) is 6.86. The van der Waals surface area contributed by atoms with Crippen molar-refractivity contribution in [2.75, 3.05) is 11.5 Å². The van der Waals surface area contributed by atoms with Crippen molar-refractivity contribution in [1.82, 2.24) is 5.32 Å². The van der Waals surface area contributed by atoms with Gasteiger partial charge in [0.05, 0.1) is 24.1 Å². The maximum Gasteiger partial charge on any atom is 0.327 e. The van der Waals surface area contributed by atoms with Crippen molar-refractivity contribution in [3.05, 3.63) is 76.8 Å². The molecular weight excluding hydrogens is 444 g/mol. The van der Waals surface area contributed by atoms with E-state index < -0.39 is 47.8 Å². The maximum absolute atomic E-state index is 13.7. The molecule has 168 valence electrons. The number of imide groups is 1. The Hall–Kier alpha value is -3.26. The number of rotatable bonds is 4. The first-order chi connectivity index (χ1) is 15.8. The first-order valence-electron chi connectivity index (χ1n) is 10.5. The Morgan fingerprint density at radius 2 is 1.82 bits per heavy atom. The fourth-order valence-electron chi connectivity index (χ4n) is 5.18. The zero-order chi connectivity index (χ0) is 23.5. The molecule has 8 heteroatoms. The average Bonchev–Trinajstić information content (AvgIpc) is 3.29. The van der Waals surface area contributed by atoms with E-state index in [1.54, 1.807) is 19.1 Å². The van der Waals surface area contributed by atoms with Gasteiger partial charge in [0.2, 0.25) is 11.8 Å². The predicted octanol–water partition coefficient (Wildman–Crippen LogP) is 3.07. The number of halogens is 1. The van der Waals surface area contributed by atoms with Gasteiger partial charge in [-0.1, -0.05) is 60.1 Å². The van der Waals surface area contributed by atoms with Crippen molar-refractivity contribution in [2.24, 2.45) is 11.8 Å². The first-order valence-corrected chi connectivity index (χ1v) is 10.9. The van der Waals surface area contributed by atoms with Crippen LogP contribution in [0.15, 0.2) is 60.7 Å². The normalized spacial score (nSPS) is 26.8. The monoisotopic (exact) mass is 464 g/mol. The van der Waals surface area contributed by atoms with E-state index in [2.05, 4.69) is 5.32 Å². The molecule has 2 amide bonds. The van der Waals surface area contributed by atoms with E-state index in [9.17, 15) is 24.6 Å². The van der Waals surface area contributed by atoms with Crippen molar-refractivity contribution in [3.63, 3.8) is 0 Å². The smallest absolute Gasteiger partial charge is 0.327 e. The van der Waals surface area contributed by atoms with Gasteiger partial charge in [-0.3, -0.25) is 19.7 Å². The molecule has 3 N–H and O–H groups in total. The summed E-state index contributed by atoms with van der Waals surface area (Å²) in [4.78, 5) is 40.7. The highest BCUT2D eigenvalue weighted by molar-refractivity contribution is 6.32. The number of aliphatic carboxylic acids is 1. The molecule has 4 atom stereocenters. The van der Waals surface area contributed by atoms with Gasteiger partial charge in [-0.25, -0.2) is 4.90 Å². The van der Waals surface area contributed by atoms with Gasteiger partial charge >= 0.3 is 5.97 Å². The lowest BCUT2D eigenvalue weighted by Crippen LogP contribution is -2.58. The van der Waals surface area contributed by atoms with E-state index in [1.165, 1.54) is 6.07 Å². The highest BCUT2D eigenvalue weighted by Gasteiger charge is 2.68. The van der Waals surface area contributed by atoms with Crippen molar-refractivity contribution in [2.45, 2.75) is 18.5 Å². The Morgan fingerprint density at radius 1 is 1.09 bits per heavy atom. The molecule has 3 aromatic rings. The van der Waals surface area contributed by atoms with Crippen LogP contribution < -0.4 is 10.2 Å². The molecule has 33 heavy (non-hydrogen) atoms. The van der Waals surface area contributed by atoms with Gasteiger partial charge in [-0.05, 0) is 41.0 Å². The van der Waals surface area contributed by atoms with Gasteiger partial charge in [0.1, 0.15) is 0 Å². The van der Waals surface area contributed by atoms with E-state index in [0.717, 1.165) is 21.2 Å². The zero-order valence-electron chi connectivity index (χ0n) is 17.7. The molecule has 3 aromatic carbocycles. The third-order valence-corrected chi connectivity index (χ3v) is 7.26. The molecule has 0 saturated carbocycles. The number of fused-ring (bicyclic) bond motifs is 2. The van der Waals surface area contributed by atoms with Crippen molar-refractivity contribution in [3.8, 4) is 0 Å². The molecule has 0 radical (unpaired) electrons. The molecule has 0 aromatic heterocycles. The Labute approximate surface area is 194 Å². The topological polar surface area (TPSA) is 107 Å². The van der Waals surface area contributed by atoms with E-state index in [1.807, 2.05) is 42.5 Å². The molecule has 7 nitrogen and oxygen atoms in total. The van der Waals surface area contributed by atoms with Gasteiger partial charge in [0.25, 0.3) is 0 Å². The fraction of sp³-hybridized carbons (Fsp3) is 0.240. The van der Waals surface area contributed by atoms with Crippen LogP contribution in [0.4, 0.5) is 5.69 Å². The lowest BCUT2D eigenvalue weighted by molar-refractivity contribution is -0.150. The van der Waals surface area contributed by atoms with Gasteiger partial charge < -0.3 is 10.2 Å². The summed E-state index contributed by atoms with van der Waals surface area (Å²) < 4.78 is 0. The van der Waals surface area contributed by atoms with Crippen LogP contribution in [-0.2, 0) is 14.4 Å². The maximum atomic E-state index is 13.7. The second-order valence-electron chi connectivity index (χ2n) is 8.57. The summed E-state index contributed by atoms with van der Waals surface area (Å²) >= 11 is 6.24. The van der Waals surface area contributed by atoms with Crippen LogP contribution in [0.3, 0.4) is 0 Å². The number of hydrogen-bond donors (Lipinski definition) is 3. The third kappa shape index (κ3) is 3.00. The minimum atomic E-state index is -2.00. The van der Waals surface area contributed by atoms with Gasteiger partial charge in [0.15, 0.2) is 5.54 Å². The molecular formula is C25H21ClN2O5. The molecule has 2 heterocycles. The van der Waals surface area contributed by atoms with E-state index in [0.29, 0.717) is 10.6 Å². The Balaban J connectivity index is 1.69. The summed E-state index contributed by atoms with van der Waals surface area (Å²) in [6.07, 6.45) is 0. The van der Waals surface area contributed by atoms with E-state index in [-0.39, 0.29) is 5.69 Å². The number of benzene rings is 3. The Morgan fingerprint density at radius 3 is 2.52 bits per heavy atom. The highest BCUT2D eigenvalue weighted by atomic mass is 35.5. The SMILES string of the molecule is Cc1ccc(N2C(=O)C3C(c4cccc5ccccc45)NC(CO)(C(=O)O)C3C2=O)cc1Cl. The van der Waals surface area contributed by atoms with Gasteiger partial charge in [-0.2, -0.15) is 0 Å². The summed E-state index contributed by atoms with van der Waals surface area (Å²) in [5.41, 5.74) is -0.235.